The van der Waals surface area contributed by atoms with Crippen LogP contribution < -0.4 is 10.9 Å². The van der Waals surface area contributed by atoms with Gasteiger partial charge >= 0.3 is 0 Å². The summed E-state index contributed by atoms with van der Waals surface area (Å²) >= 11 is 2.77. The van der Waals surface area contributed by atoms with Gasteiger partial charge in [0.1, 0.15) is 4.83 Å². The van der Waals surface area contributed by atoms with Crippen LogP contribution in [0.5, 0.6) is 0 Å². The first-order chi connectivity index (χ1) is 14.5. The summed E-state index contributed by atoms with van der Waals surface area (Å²) in [6.07, 6.45) is 1.67. The van der Waals surface area contributed by atoms with E-state index in [4.69, 9.17) is 0 Å². The third-order valence-corrected chi connectivity index (χ3v) is 7.04. The Morgan fingerprint density at radius 3 is 2.80 bits per heavy atom. The predicted molar refractivity (Wildman–Crippen MR) is 127 cm³/mol. The minimum atomic E-state index is -0.144. The molecule has 1 amide bonds. The van der Waals surface area contributed by atoms with Crippen LogP contribution in [0, 0.1) is 13.8 Å². The fourth-order valence-corrected chi connectivity index (χ4v) is 5.24. The number of thioether (sulfide) groups is 1. The Balaban J connectivity index is 1.59. The SMILES string of the molecule is C=CCn1c(SCC(=O)Nc2cccc3ccccc23)nc2sc(C)c(C)c2c1=O. The molecule has 4 aromatic rings. The molecule has 7 heteroatoms. The second kappa shape index (κ2) is 8.45. The predicted octanol–water partition coefficient (Wildman–Crippen LogP) is 5.14. The van der Waals surface area contributed by atoms with E-state index in [9.17, 15) is 9.59 Å². The second-order valence-corrected chi connectivity index (χ2v) is 9.07. The zero-order valence-electron chi connectivity index (χ0n) is 16.8. The van der Waals surface area contributed by atoms with E-state index in [1.807, 2.05) is 56.3 Å². The Morgan fingerprint density at radius 2 is 2.00 bits per heavy atom. The molecule has 4 rings (SSSR count). The van der Waals surface area contributed by atoms with Crippen LogP contribution in [-0.2, 0) is 11.3 Å². The molecule has 0 saturated heterocycles. The van der Waals surface area contributed by atoms with Crippen molar-refractivity contribution in [2.45, 2.75) is 25.5 Å². The smallest absolute Gasteiger partial charge is 0.263 e. The normalized spacial score (nSPS) is 11.1. The molecule has 30 heavy (non-hydrogen) atoms. The molecule has 0 bridgehead atoms. The number of anilines is 1. The highest BCUT2D eigenvalue weighted by atomic mass is 32.2. The van der Waals surface area contributed by atoms with E-state index in [2.05, 4.69) is 16.9 Å². The van der Waals surface area contributed by atoms with Gasteiger partial charge in [0.25, 0.3) is 5.56 Å². The number of benzene rings is 2. The van der Waals surface area contributed by atoms with Crippen LogP contribution in [-0.4, -0.2) is 21.2 Å². The fraction of sp³-hybridized carbons (Fsp3) is 0.174. The number of thiophene rings is 1. The van der Waals surface area contributed by atoms with Crippen LogP contribution in [0.1, 0.15) is 10.4 Å². The van der Waals surface area contributed by atoms with Gasteiger partial charge in [0.05, 0.1) is 11.1 Å². The summed E-state index contributed by atoms with van der Waals surface area (Å²) < 4.78 is 1.59. The van der Waals surface area contributed by atoms with Gasteiger partial charge in [-0.3, -0.25) is 14.2 Å². The third kappa shape index (κ3) is 3.78. The molecule has 2 aromatic carbocycles. The molecule has 0 aliphatic rings. The Kier molecular flexibility index (Phi) is 5.74. The Morgan fingerprint density at radius 1 is 1.23 bits per heavy atom. The molecule has 0 saturated carbocycles. The highest BCUT2D eigenvalue weighted by Crippen LogP contribution is 2.29. The summed E-state index contributed by atoms with van der Waals surface area (Å²) in [6.45, 7) is 8.04. The maximum absolute atomic E-state index is 13.0. The fourth-order valence-electron chi connectivity index (χ4n) is 3.36. The van der Waals surface area contributed by atoms with Gasteiger partial charge in [0, 0.05) is 22.5 Å². The molecule has 2 heterocycles. The van der Waals surface area contributed by atoms with Crippen LogP contribution in [0.3, 0.4) is 0 Å². The number of aromatic nitrogens is 2. The van der Waals surface area contributed by atoms with Gasteiger partial charge in [-0.1, -0.05) is 54.2 Å². The molecule has 152 valence electrons. The highest BCUT2D eigenvalue weighted by molar-refractivity contribution is 7.99. The maximum Gasteiger partial charge on any atom is 0.263 e. The lowest BCUT2D eigenvalue weighted by molar-refractivity contribution is -0.113. The summed E-state index contributed by atoms with van der Waals surface area (Å²) in [5.74, 6) is 0.0103. The summed E-state index contributed by atoms with van der Waals surface area (Å²) in [5.41, 5.74) is 1.66. The zero-order valence-corrected chi connectivity index (χ0v) is 18.4. The number of carbonyl (C=O) groups is 1. The van der Waals surface area contributed by atoms with Gasteiger partial charge in [0.15, 0.2) is 5.16 Å². The molecule has 0 fully saturated rings. The van der Waals surface area contributed by atoms with E-state index in [-0.39, 0.29) is 17.2 Å². The molecule has 1 N–H and O–H groups in total. The third-order valence-electron chi connectivity index (χ3n) is 4.96. The number of amides is 1. The molecule has 2 aromatic heterocycles. The van der Waals surface area contributed by atoms with Crippen molar-refractivity contribution in [1.82, 2.24) is 9.55 Å². The lowest BCUT2D eigenvalue weighted by Gasteiger charge is -2.11. The lowest BCUT2D eigenvalue weighted by atomic mass is 10.1. The molecule has 0 atom stereocenters. The topological polar surface area (TPSA) is 64.0 Å². The number of aryl methyl sites for hydroxylation is 2. The summed E-state index contributed by atoms with van der Waals surface area (Å²) in [5, 5.41) is 6.22. The number of hydrogen-bond acceptors (Lipinski definition) is 5. The van der Waals surface area contributed by atoms with Crippen molar-refractivity contribution >= 4 is 55.7 Å². The number of carbonyl (C=O) groups excluding carboxylic acids is 1. The Bertz CT molecular complexity index is 1330. The van der Waals surface area contributed by atoms with Gasteiger partial charge in [-0.2, -0.15) is 0 Å². The van der Waals surface area contributed by atoms with E-state index >= 15 is 0 Å². The Labute approximate surface area is 182 Å². The molecule has 0 aliphatic carbocycles. The number of allylic oxidation sites excluding steroid dienone is 1. The first-order valence-corrected chi connectivity index (χ1v) is 11.3. The summed E-state index contributed by atoms with van der Waals surface area (Å²) in [4.78, 5) is 32.1. The van der Waals surface area contributed by atoms with E-state index in [0.29, 0.717) is 21.9 Å². The number of rotatable bonds is 6. The monoisotopic (exact) mass is 435 g/mol. The number of nitrogens with one attached hydrogen (secondary N) is 1. The summed E-state index contributed by atoms with van der Waals surface area (Å²) in [6, 6.07) is 13.7. The van der Waals surface area contributed by atoms with Crippen LogP contribution >= 0.6 is 23.1 Å². The van der Waals surface area contributed by atoms with Gasteiger partial charge in [-0.05, 0) is 30.9 Å². The lowest BCUT2D eigenvalue weighted by Crippen LogP contribution is -2.23. The van der Waals surface area contributed by atoms with Crippen LogP contribution in [0.2, 0.25) is 0 Å². The van der Waals surface area contributed by atoms with Crippen molar-refractivity contribution < 1.29 is 4.79 Å². The van der Waals surface area contributed by atoms with Gasteiger partial charge in [-0.25, -0.2) is 4.98 Å². The molecular weight excluding hydrogens is 414 g/mol. The second-order valence-electron chi connectivity index (χ2n) is 6.93. The van der Waals surface area contributed by atoms with Crippen LogP contribution in [0.4, 0.5) is 5.69 Å². The number of fused-ring (bicyclic) bond motifs is 2. The molecule has 0 radical (unpaired) electrons. The van der Waals surface area contributed by atoms with Crippen LogP contribution in [0.25, 0.3) is 21.0 Å². The van der Waals surface area contributed by atoms with Crippen molar-refractivity contribution in [3.8, 4) is 0 Å². The average molecular weight is 436 g/mol. The number of hydrogen-bond donors (Lipinski definition) is 1. The molecule has 0 spiro atoms. The molecule has 0 unspecified atom stereocenters. The minimum absolute atomic E-state index is 0.0845. The average Bonchev–Trinajstić information content (AvgIpc) is 3.03. The standard InChI is InChI=1S/C23H21N3O2S2/c1-4-12-26-22(28)20-14(2)15(3)30-21(20)25-23(26)29-13-19(27)24-18-11-7-9-16-8-5-6-10-17(16)18/h4-11H,1,12-13H2,2-3H3,(H,24,27). The molecular formula is C23H21N3O2S2. The number of nitrogens with zero attached hydrogens (tertiary/aromatic N) is 2. The largest absolute Gasteiger partial charge is 0.325 e. The van der Waals surface area contributed by atoms with Crippen molar-refractivity contribution in [3.63, 3.8) is 0 Å². The van der Waals surface area contributed by atoms with E-state index < -0.39 is 0 Å². The molecule has 0 aliphatic heterocycles. The van der Waals surface area contributed by atoms with E-state index in [0.717, 1.165) is 26.9 Å². The quantitative estimate of drug-likeness (QED) is 0.259. The van der Waals surface area contributed by atoms with Gasteiger partial charge < -0.3 is 5.32 Å². The van der Waals surface area contributed by atoms with Crippen molar-refractivity contribution in [1.29, 1.82) is 0 Å². The maximum atomic E-state index is 13.0. The Hall–Kier alpha value is -2.90. The highest BCUT2D eigenvalue weighted by Gasteiger charge is 2.17. The summed E-state index contributed by atoms with van der Waals surface area (Å²) in [7, 11) is 0. The van der Waals surface area contributed by atoms with E-state index in [1.54, 1.807) is 10.6 Å². The minimum Gasteiger partial charge on any atom is -0.325 e. The first kappa shape index (κ1) is 20.4. The van der Waals surface area contributed by atoms with Crippen molar-refractivity contribution in [3.05, 3.63) is 75.9 Å². The van der Waals surface area contributed by atoms with Crippen molar-refractivity contribution in [2.24, 2.45) is 0 Å². The van der Waals surface area contributed by atoms with Gasteiger partial charge in [0.2, 0.25) is 5.91 Å². The van der Waals surface area contributed by atoms with Crippen LogP contribution in [0.15, 0.2) is 65.1 Å². The molecule has 5 nitrogen and oxygen atoms in total. The zero-order chi connectivity index (χ0) is 21.3. The van der Waals surface area contributed by atoms with E-state index in [1.165, 1.54) is 23.1 Å². The van der Waals surface area contributed by atoms with Gasteiger partial charge in [-0.15, -0.1) is 17.9 Å². The van der Waals surface area contributed by atoms with Crippen molar-refractivity contribution in [2.75, 3.05) is 11.1 Å². The first-order valence-electron chi connectivity index (χ1n) is 9.51.